The van der Waals surface area contributed by atoms with Gasteiger partial charge in [-0.3, -0.25) is 9.52 Å². The number of halogens is 3. The lowest BCUT2D eigenvalue weighted by Gasteiger charge is -2.19. The lowest BCUT2D eigenvalue weighted by atomic mass is 10.3. The Bertz CT molecular complexity index is 618. The first-order chi connectivity index (χ1) is 9.67. The highest BCUT2D eigenvalue weighted by molar-refractivity contribution is 9.10. The van der Waals surface area contributed by atoms with Crippen LogP contribution in [0.5, 0.6) is 0 Å². The molecule has 0 bridgehead atoms. The fourth-order valence-electron chi connectivity index (χ4n) is 1.32. The van der Waals surface area contributed by atoms with Crippen molar-refractivity contribution in [2.24, 2.45) is 0 Å². The Kier molecular flexibility index (Phi) is 6.39. The van der Waals surface area contributed by atoms with Gasteiger partial charge in [0.15, 0.2) is 0 Å². The molecule has 0 radical (unpaired) electrons. The quantitative estimate of drug-likeness (QED) is 0.740. The van der Waals surface area contributed by atoms with Gasteiger partial charge in [-0.05, 0) is 28.1 Å². The number of anilines is 1. The summed E-state index contributed by atoms with van der Waals surface area (Å²) in [5.41, 5.74) is 0.0167. The maximum atomic E-state index is 13.1. The van der Waals surface area contributed by atoms with Crippen LogP contribution >= 0.6 is 27.5 Å². The summed E-state index contributed by atoms with van der Waals surface area (Å²) in [6.45, 7) is -0.0710. The van der Waals surface area contributed by atoms with Crippen molar-refractivity contribution in [1.29, 1.82) is 0 Å². The van der Waals surface area contributed by atoms with Crippen LogP contribution in [0.15, 0.2) is 16.6 Å². The normalized spacial score (nSPS) is 11.5. The van der Waals surface area contributed by atoms with Crippen LogP contribution in [0.25, 0.3) is 0 Å². The molecule has 0 saturated heterocycles. The van der Waals surface area contributed by atoms with Crippen molar-refractivity contribution in [2.45, 2.75) is 6.42 Å². The first-order valence-corrected chi connectivity index (χ1v) is 8.24. The van der Waals surface area contributed by atoms with Crippen LogP contribution in [-0.4, -0.2) is 39.4 Å². The first-order valence-electron chi connectivity index (χ1n) is 5.63. The number of hydrogen-bond acceptors (Lipinski definition) is 4. The number of rotatable bonds is 6. The number of methoxy groups -OCH3 is 1. The van der Waals surface area contributed by atoms with Crippen molar-refractivity contribution in [2.75, 3.05) is 25.4 Å². The Balaban J connectivity index is 2.88. The zero-order chi connectivity index (χ0) is 16.2. The number of benzene rings is 1. The number of hydrogen-bond donors (Lipinski definition) is 1. The Labute approximate surface area is 135 Å². The number of carbonyl (C=O) groups excluding carboxylic acids is 1. The zero-order valence-corrected chi connectivity index (χ0v) is 14.3. The fourth-order valence-corrected chi connectivity index (χ4v) is 3.37. The zero-order valence-electron chi connectivity index (χ0n) is 11.2. The summed E-state index contributed by atoms with van der Waals surface area (Å²) < 4.78 is 45.0. The van der Waals surface area contributed by atoms with Gasteiger partial charge < -0.3 is 4.74 Å². The second kappa shape index (κ2) is 7.39. The van der Waals surface area contributed by atoms with Gasteiger partial charge in [-0.15, -0.1) is 0 Å². The predicted molar refractivity (Wildman–Crippen MR) is 80.9 cm³/mol. The highest BCUT2D eigenvalue weighted by Crippen LogP contribution is 2.32. The van der Waals surface area contributed by atoms with Crippen LogP contribution in [0.1, 0.15) is 6.42 Å². The number of nitrogens with zero attached hydrogens (tertiary/aromatic N) is 1. The summed E-state index contributed by atoms with van der Waals surface area (Å²) in [5.74, 6) is -1.13. The Hall–Kier alpha value is -0.900. The van der Waals surface area contributed by atoms with E-state index >= 15 is 0 Å². The Morgan fingerprint density at radius 3 is 2.67 bits per heavy atom. The molecule has 0 amide bonds. The molecule has 6 nitrogen and oxygen atoms in total. The molecule has 0 aliphatic rings. The summed E-state index contributed by atoms with van der Waals surface area (Å²) in [5, 5.41) is -0.0909. The molecular weight excluding hydrogens is 391 g/mol. The van der Waals surface area contributed by atoms with Crippen LogP contribution in [-0.2, 0) is 19.7 Å². The standard InChI is InChI=1S/C11H13BrClFN2O4S/c1-16(4-3-10(17)20-2)21(18,19)15-11-8(12)5-7(14)6-9(11)13/h5-6,15H,3-4H2,1-2H3. The third-order valence-electron chi connectivity index (χ3n) is 2.51. The van der Waals surface area contributed by atoms with Crippen LogP contribution < -0.4 is 4.72 Å². The molecule has 0 unspecified atom stereocenters. The lowest BCUT2D eigenvalue weighted by molar-refractivity contribution is -0.140. The molecule has 1 N–H and O–H groups in total. The van der Waals surface area contributed by atoms with E-state index < -0.39 is 22.0 Å². The average molecular weight is 404 g/mol. The second-order valence-corrected chi connectivity index (χ2v) is 7.04. The smallest absolute Gasteiger partial charge is 0.306 e. The summed E-state index contributed by atoms with van der Waals surface area (Å²) in [6.07, 6.45) is -0.0910. The minimum absolute atomic E-state index is 0.0167. The summed E-state index contributed by atoms with van der Waals surface area (Å²) in [7, 11) is -1.44. The molecule has 0 heterocycles. The minimum atomic E-state index is -3.94. The van der Waals surface area contributed by atoms with E-state index in [-0.39, 0.29) is 28.1 Å². The molecule has 0 fully saturated rings. The average Bonchev–Trinajstić information content (AvgIpc) is 2.39. The predicted octanol–water partition coefficient (Wildman–Crippen LogP) is 2.39. The molecular formula is C11H13BrClFN2O4S. The van der Waals surface area contributed by atoms with Gasteiger partial charge in [0.05, 0.1) is 24.2 Å². The molecule has 1 aromatic carbocycles. The van der Waals surface area contributed by atoms with E-state index in [1.807, 2.05) is 0 Å². The third-order valence-corrected chi connectivity index (χ3v) is 4.90. The van der Waals surface area contributed by atoms with Crippen molar-refractivity contribution in [3.63, 3.8) is 0 Å². The Morgan fingerprint density at radius 2 is 2.14 bits per heavy atom. The van der Waals surface area contributed by atoms with Crippen LogP contribution in [0.4, 0.5) is 10.1 Å². The molecule has 21 heavy (non-hydrogen) atoms. The van der Waals surface area contributed by atoms with Gasteiger partial charge in [0.25, 0.3) is 0 Å². The molecule has 0 atom stereocenters. The Morgan fingerprint density at radius 1 is 1.52 bits per heavy atom. The van der Waals surface area contributed by atoms with E-state index in [1.54, 1.807) is 0 Å². The van der Waals surface area contributed by atoms with Crippen molar-refractivity contribution in [3.8, 4) is 0 Å². The topological polar surface area (TPSA) is 75.7 Å². The van der Waals surface area contributed by atoms with Gasteiger partial charge in [-0.25, -0.2) is 4.39 Å². The van der Waals surface area contributed by atoms with E-state index in [1.165, 1.54) is 14.2 Å². The monoisotopic (exact) mass is 402 g/mol. The van der Waals surface area contributed by atoms with Crippen molar-refractivity contribution in [3.05, 3.63) is 27.4 Å². The van der Waals surface area contributed by atoms with Gasteiger partial charge >= 0.3 is 16.2 Å². The summed E-state index contributed by atoms with van der Waals surface area (Å²) in [6, 6.07) is 2.07. The van der Waals surface area contributed by atoms with E-state index in [4.69, 9.17) is 11.6 Å². The van der Waals surface area contributed by atoms with Crippen LogP contribution in [0, 0.1) is 5.82 Å². The summed E-state index contributed by atoms with van der Waals surface area (Å²) >= 11 is 8.84. The van der Waals surface area contributed by atoms with Gasteiger partial charge in [0.2, 0.25) is 0 Å². The van der Waals surface area contributed by atoms with Crippen molar-refractivity contribution < 1.29 is 22.3 Å². The summed E-state index contributed by atoms with van der Waals surface area (Å²) in [4.78, 5) is 11.0. The van der Waals surface area contributed by atoms with Gasteiger partial charge in [0, 0.05) is 18.1 Å². The number of carbonyl (C=O) groups is 1. The molecule has 0 saturated carbocycles. The fraction of sp³-hybridized carbons (Fsp3) is 0.364. The second-order valence-electron chi connectivity index (χ2n) is 4.00. The highest BCUT2D eigenvalue weighted by Gasteiger charge is 2.21. The van der Waals surface area contributed by atoms with Crippen LogP contribution in [0.3, 0.4) is 0 Å². The number of nitrogens with one attached hydrogen (secondary N) is 1. The van der Waals surface area contributed by atoms with E-state index in [9.17, 15) is 17.6 Å². The van der Waals surface area contributed by atoms with Crippen molar-refractivity contribution in [1.82, 2.24) is 4.31 Å². The third kappa shape index (κ3) is 5.10. The number of ether oxygens (including phenoxy) is 1. The number of esters is 1. The molecule has 0 aromatic heterocycles. The lowest BCUT2D eigenvalue weighted by Crippen LogP contribution is -2.34. The molecule has 1 aromatic rings. The van der Waals surface area contributed by atoms with E-state index in [0.717, 1.165) is 16.4 Å². The van der Waals surface area contributed by atoms with Crippen molar-refractivity contribution >= 4 is 49.4 Å². The van der Waals surface area contributed by atoms with E-state index in [2.05, 4.69) is 25.4 Å². The maximum absolute atomic E-state index is 13.1. The van der Waals surface area contributed by atoms with Gasteiger partial charge in [-0.1, -0.05) is 11.6 Å². The largest absolute Gasteiger partial charge is 0.469 e. The molecule has 0 aliphatic carbocycles. The van der Waals surface area contributed by atoms with Crippen LogP contribution in [0.2, 0.25) is 5.02 Å². The molecule has 0 spiro atoms. The highest BCUT2D eigenvalue weighted by atomic mass is 79.9. The molecule has 10 heteroatoms. The molecule has 118 valence electrons. The maximum Gasteiger partial charge on any atom is 0.306 e. The van der Waals surface area contributed by atoms with E-state index in [0.29, 0.717) is 0 Å². The SMILES string of the molecule is COC(=O)CCN(C)S(=O)(=O)Nc1c(Cl)cc(F)cc1Br. The van der Waals surface area contributed by atoms with Gasteiger partial charge in [-0.2, -0.15) is 12.7 Å². The first kappa shape index (κ1) is 18.1. The minimum Gasteiger partial charge on any atom is -0.469 e. The van der Waals surface area contributed by atoms with Gasteiger partial charge in [0.1, 0.15) is 5.82 Å². The molecule has 0 aliphatic heterocycles. The molecule has 1 rings (SSSR count).